The Balaban J connectivity index is 1.99. The molecule has 2 heteroatoms. The van der Waals surface area contributed by atoms with Gasteiger partial charge in [0.25, 0.3) is 0 Å². The highest BCUT2D eigenvalue weighted by Crippen LogP contribution is 2.54. The molecule has 2 rings (SSSR count). The maximum absolute atomic E-state index is 10.8. The third-order valence-corrected chi connectivity index (χ3v) is 3.06. The second-order valence-electron chi connectivity index (χ2n) is 3.71. The van der Waals surface area contributed by atoms with Crippen LogP contribution in [-0.4, -0.2) is 11.8 Å². The lowest BCUT2D eigenvalue weighted by molar-refractivity contribution is -0.121. The van der Waals surface area contributed by atoms with Crippen molar-refractivity contribution in [2.45, 2.75) is 38.1 Å². The first-order valence-corrected chi connectivity index (χ1v) is 4.00. The van der Waals surface area contributed by atoms with Gasteiger partial charge < -0.3 is 5.73 Å². The smallest absolute Gasteiger partial charge is 0.132 e. The molecular formula is C8H13NO. The van der Waals surface area contributed by atoms with Gasteiger partial charge in [-0.25, -0.2) is 0 Å². The zero-order chi connectivity index (χ0) is 7.19. The molecule has 1 atom stereocenters. The van der Waals surface area contributed by atoms with Crippen molar-refractivity contribution in [3.8, 4) is 0 Å². The van der Waals surface area contributed by atoms with E-state index in [1.807, 2.05) is 0 Å². The Morgan fingerprint density at radius 1 is 1.40 bits per heavy atom. The molecule has 2 saturated carbocycles. The van der Waals surface area contributed by atoms with E-state index in [9.17, 15) is 4.79 Å². The molecule has 2 N–H and O–H groups in total. The first-order chi connectivity index (χ1) is 4.73. The Kier molecular flexibility index (Phi) is 1.15. The Labute approximate surface area is 60.8 Å². The quantitative estimate of drug-likeness (QED) is 0.540. The molecule has 0 aromatic heterocycles. The molecule has 0 aromatic carbocycles. The van der Waals surface area contributed by atoms with Gasteiger partial charge in [-0.3, -0.25) is 4.79 Å². The molecule has 0 aromatic rings. The van der Waals surface area contributed by atoms with Crippen LogP contribution in [0.25, 0.3) is 0 Å². The van der Waals surface area contributed by atoms with Gasteiger partial charge in [0.15, 0.2) is 0 Å². The molecule has 0 radical (unpaired) electrons. The minimum Gasteiger partial charge on any atom is -0.327 e. The van der Waals surface area contributed by atoms with E-state index in [-0.39, 0.29) is 0 Å². The van der Waals surface area contributed by atoms with E-state index in [1.165, 1.54) is 6.42 Å². The van der Waals surface area contributed by atoms with Crippen LogP contribution in [0.4, 0.5) is 0 Å². The fraction of sp³-hybridized carbons (Fsp3) is 0.875. The van der Waals surface area contributed by atoms with E-state index in [0.717, 1.165) is 25.7 Å². The second-order valence-corrected chi connectivity index (χ2v) is 3.71. The van der Waals surface area contributed by atoms with Gasteiger partial charge in [0.2, 0.25) is 0 Å². The van der Waals surface area contributed by atoms with Crippen LogP contribution in [0.2, 0.25) is 0 Å². The van der Waals surface area contributed by atoms with Gasteiger partial charge in [-0.05, 0) is 24.7 Å². The zero-order valence-electron chi connectivity index (χ0n) is 6.10. The molecule has 2 fully saturated rings. The summed E-state index contributed by atoms with van der Waals surface area (Å²) in [5, 5.41) is 0. The van der Waals surface area contributed by atoms with Gasteiger partial charge in [-0.15, -0.1) is 0 Å². The SMILES string of the molecule is NC1CC12CCC(=O)CC2. The van der Waals surface area contributed by atoms with Gasteiger partial charge in [-0.2, -0.15) is 0 Å². The molecule has 1 spiro atoms. The summed E-state index contributed by atoms with van der Waals surface area (Å²) in [5.74, 6) is 0.435. The molecule has 1 unspecified atom stereocenters. The summed E-state index contributed by atoms with van der Waals surface area (Å²) < 4.78 is 0. The monoisotopic (exact) mass is 139 g/mol. The highest BCUT2D eigenvalue weighted by molar-refractivity contribution is 5.79. The molecule has 10 heavy (non-hydrogen) atoms. The Morgan fingerprint density at radius 2 is 1.90 bits per heavy atom. The Bertz CT molecular complexity index is 166. The molecule has 2 aliphatic carbocycles. The number of carbonyl (C=O) groups excluding carboxylic acids is 1. The molecule has 56 valence electrons. The number of nitrogens with two attached hydrogens (primary N) is 1. The number of rotatable bonds is 0. The lowest BCUT2D eigenvalue weighted by Crippen LogP contribution is -2.21. The number of ketones is 1. The number of carbonyl (C=O) groups is 1. The molecule has 0 bridgehead atoms. The highest BCUT2D eigenvalue weighted by atomic mass is 16.1. The maximum atomic E-state index is 10.8. The minimum absolute atomic E-state index is 0.417. The average molecular weight is 139 g/mol. The van der Waals surface area contributed by atoms with E-state index >= 15 is 0 Å². The second kappa shape index (κ2) is 1.82. The number of hydrogen-bond donors (Lipinski definition) is 1. The van der Waals surface area contributed by atoms with E-state index in [2.05, 4.69) is 0 Å². The van der Waals surface area contributed by atoms with Crippen LogP contribution >= 0.6 is 0 Å². The van der Waals surface area contributed by atoms with E-state index in [0.29, 0.717) is 17.2 Å². The average Bonchev–Trinajstić information content (AvgIpc) is 2.53. The highest BCUT2D eigenvalue weighted by Gasteiger charge is 2.52. The van der Waals surface area contributed by atoms with E-state index in [4.69, 9.17) is 5.73 Å². The first kappa shape index (κ1) is 6.35. The molecule has 2 nitrogen and oxygen atoms in total. The van der Waals surface area contributed by atoms with Crippen molar-refractivity contribution in [1.82, 2.24) is 0 Å². The third kappa shape index (κ3) is 0.788. The summed E-state index contributed by atoms with van der Waals surface area (Å²) in [5.41, 5.74) is 6.19. The summed E-state index contributed by atoms with van der Waals surface area (Å²) in [6.07, 6.45) is 4.86. The van der Waals surface area contributed by atoms with Crippen molar-refractivity contribution in [2.24, 2.45) is 11.1 Å². The lowest BCUT2D eigenvalue weighted by atomic mass is 9.85. The standard InChI is InChI=1S/C8H13NO/c9-7-5-8(7)3-1-6(10)2-4-8/h7H,1-5,9H2. The van der Waals surface area contributed by atoms with Crippen molar-refractivity contribution in [2.75, 3.05) is 0 Å². The lowest BCUT2D eigenvalue weighted by Gasteiger charge is -2.20. The van der Waals surface area contributed by atoms with Crippen molar-refractivity contribution in [1.29, 1.82) is 0 Å². The third-order valence-electron chi connectivity index (χ3n) is 3.06. The summed E-state index contributed by atoms with van der Waals surface area (Å²) in [4.78, 5) is 10.8. The van der Waals surface area contributed by atoms with Gasteiger partial charge in [0.05, 0.1) is 0 Å². The van der Waals surface area contributed by atoms with Crippen molar-refractivity contribution in [3.63, 3.8) is 0 Å². The van der Waals surface area contributed by atoms with Gasteiger partial charge in [0, 0.05) is 18.9 Å². The van der Waals surface area contributed by atoms with Gasteiger partial charge in [0.1, 0.15) is 5.78 Å². The van der Waals surface area contributed by atoms with Crippen LogP contribution in [0, 0.1) is 5.41 Å². The largest absolute Gasteiger partial charge is 0.327 e. The summed E-state index contributed by atoms with van der Waals surface area (Å²) in [6.45, 7) is 0. The Hall–Kier alpha value is -0.370. The molecule has 0 aliphatic heterocycles. The molecular weight excluding hydrogens is 126 g/mol. The number of Topliss-reactive ketones (excluding diaryl/α,β-unsaturated/α-hetero) is 1. The topological polar surface area (TPSA) is 43.1 Å². The Morgan fingerprint density at radius 3 is 2.30 bits per heavy atom. The fourth-order valence-corrected chi connectivity index (χ4v) is 1.98. The summed E-state index contributed by atoms with van der Waals surface area (Å²) >= 11 is 0. The normalized spacial score (nSPS) is 36.5. The van der Waals surface area contributed by atoms with Crippen LogP contribution < -0.4 is 5.73 Å². The number of hydrogen-bond acceptors (Lipinski definition) is 2. The maximum Gasteiger partial charge on any atom is 0.132 e. The van der Waals surface area contributed by atoms with E-state index < -0.39 is 0 Å². The minimum atomic E-state index is 0.417. The van der Waals surface area contributed by atoms with Gasteiger partial charge in [-0.1, -0.05) is 0 Å². The van der Waals surface area contributed by atoms with Crippen LogP contribution in [-0.2, 0) is 4.79 Å². The van der Waals surface area contributed by atoms with Crippen LogP contribution in [0.3, 0.4) is 0 Å². The molecule has 0 amide bonds. The predicted octanol–water partition coefficient (Wildman–Crippen LogP) is 0.847. The molecule has 0 heterocycles. The van der Waals surface area contributed by atoms with Crippen molar-refractivity contribution in [3.05, 3.63) is 0 Å². The summed E-state index contributed by atoms with van der Waals surface area (Å²) in [7, 11) is 0. The van der Waals surface area contributed by atoms with Crippen LogP contribution in [0.1, 0.15) is 32.1 Å². The van der Waals surface area contributed by atoms with Crippen molar-refractivity contribution < 1.29 is 4.79 Å². The van der Waals surface area contributed by atoms with E-state index in [1.54, 1.807) is 0 Å². The molecule has 2 aliphatic rings. The van der Waals surface area contributed by atoms with Crippen LogP contribution in [0.15, 0.2) is 0 Å². The zero-order valence-corrected chi connectivity index (χ0v) is 6.10. The fourth-order valence-electron chi connectivity index (χ4n) is 1.98. The van der Waals surface area contributed by atoms with Crippen LogP contribution in [0.5, 0.6) is 0 Å². The van der Waals surface area contributed by atoms with Crippen molar-refractivity contribution >= 4 is 5.78 Å². The summed E-state index contributed by atoms with van der Waals surface area (Å²) in [6, 6.07) is 0.417. The molecule has 0 saturated heterocycles. The van der Waals surface area contributed by atoms with Gasteiger partial charge >= 0.3 is 0 Å². The predicted molar refractivity (Wildman–Crippen MR) is 38.5 cm³/mol. The first-order valence-electron chi connectivity index (χ1n) is 4.00.